The van der Waals surface area contributed by atoms with E-state index in [-0.39, 0.29) is 56.8 Å². The normalized spacial score (nSPS) is 28.3. The summed E-state index contributed by atoms with van der Waals surface area (Å²) in [7, 11) is 0. The fourth-order valence-corrected chi connectivity index (χ4v) is 15.7. The number of alkyl carbamates (subject to hydrolysis) is 1. The molecule has 578 valence electrons. The summed E-state index contributed by atoms with van der Waals surface area (Å²) in [5.74, 6) is -6.96. The van der Waals surface area contributed by atoms with Gasteiger partial charge in [0.05, 0.1) is 0 Å². The predicted molar refractivity (Wildman–Crippen MR) is 388 cm³/mol. The molecule has 0 spiro atoms. The molecule has 3 aromatic rings. The minimum Gasteiger partial charge on any atom is -0.461 e. The van der Waals surface area contributed by atoms with Crippen molar-refractivity contribution < 1.29 is 81.3 Å². The minimum absolute atomic E-state index is 0.0434. The van der Waals surface area contributed by atoms with Crippen molar-refractivity contribution >= 4 is 88.8 Å². The molecule has 8 heterocycles. The SMILES string of the molecule is C[C@@H]1C[C@H]2C(=O)OC[C@H](NC(=O)[C@H](Cc3ccccc3)NC(=O)Nc3ccccc3)C(=O)N3CCC[C@@]3(C)C(=O)N3CCCC[C@H]3C(=O)N[C@@H](C)C(=O)N2C1.C[C@@H]1C[C@H]2C(=O)OC[C@H](NC(=O)[C@H](Cc3ccccc3)NC(=O)OC(C)(C)C)C(=O)N3CCC[C@H]3C(=O)N3CCCC[C@H]3C(=O)N[C@@H](C)C(=O)N2C1. The molecular weight excluding hydrogens is 1380 g/mol. The van der Waals surface area contributed by atoms with Crippen LogP contribution < -0.4 is 37.2 Å². The van der Waals surface area contributed by atoms with E-state index in [1.165, 1.54) is 29.4 Å². The summed E-state index contributed by atoms with van der Waals surface area (Å²) < 4.78 is 16.9. The first-order chi connectivity index (χ1) is 51.0. The van der Waals surface area contributed by atoms with Gasteiger partial charge >= 0.3 is 24.1 Å². The first-order valence-electron chi connectivity index (χ1n) is 37.6. The van der Waals surface area contributed by atoms with E-state index in [4.69, 9.17) is 14.2 Å². The maximum Gasteiger partial charge on any atom is 0.408 e. The van der Waals surface area contributed by atoms with Crippen LogP contribution in [-0.4, -0.2) is 243 Å². The second kappa shape index (κ2) is 35.0. The van der Waals surface area contributed by atoms with Gasteiger partial charge in [-0.05, 0) is 154 Å². The zero-order valence-corrected chi connectivity index (χ0v) is 62.3. The highest BCUT2D eigenvalue weighted by Gasteiger charge is 2.53. The molecule has 0 bridgehead atoms. The Balaban J connectivity index is 0.000000229. The molecule has 14 atom stereocenters. The number of hydrogen-bond acceptors (Lipinski definition) is 17. The number of nitrogens with zero attached hydrogens (tertiary/aromatic N) is 6. The molecular formula is C77H103N13O17. The van der Waals surface area contributed by atoms with Gasteiger partial charge in [-0.1, -0.05) is 92.7 Å². The molecule has 11 rings (SSSR count). The fourth-order valence-electron chi connectivity index (χ4n) is 15.7. The van der Waals surface area contributed by atoms with Gasteiger partial charge in [0.15, 0.2) is 0 Å². The second-order valence-electron chi connectivity index (χ2n) is 30.7. The first-order valence-corrected chi connectivity index (χ1v) is 37.6. The molecule has 0 aliphatic carbocycles. The van der Waals surface area contributed by atoms with Gasteiger partial charge in [0.2, 0.25) is 59.1 Å². The average Bonchev–Trinajstić information content (AvgIpc) is 1.68. The Bertz CT molecular complexity index is 3790. The summed E-state index contributed by atoms with van der Waals surface area (Å²) in [4.78, 5) is 203. The third-order valence-corrected chi connectivity index (χ3v) is 21.2. The number of benzene rings is 3. The number of cyclic esters (lactones) is 2. The van der Waals surface area contributed by atoms with Gasteiger partial charge < -0.3 is 80.8 Å². The number of hydrogen-bond donors (Lipinski definition) is 7. The van der Waals surface area contributed by atoms with Gasteiger partial charge in [0.1, 0.15) is 90.8 Å². The number of anilines is 1. The van der Waals surface area contributed by atoms with Crippen LogP contribution in [0.1, 0.15) is 144 Å². The molecule has 0 radical (unpaired) electrons. The van der Waals surface area contributed by atoms with Crippen LogP contribution in [0.2, 0.25) is 0 Å². The highest BCUT2D eigenvalue weighted by molar-refractivity contribution is 6.01. The Kier molecular flexibility index (Phi) is 26.0. The van der Waals surface area contributed by atoms with Crippen molar-refractivity contribution in [2.45, 2.75) is 223 Å². The number of para-hydroxylation sites is 1. The van der Waals surface area contributed by atoms with Crippen molar-refractivity contribution in [1.82, 2.24) is 61.3 Å². The molecule has 30 nitrogen and oxygen atoms in total. The van der Waals surface area contributed by atoms with Crippen molar-refractivity contribution in [2.24, 2.45) is 11.8 Å². The third kappa shape index (κ3) is 19.5. The Hall–Kier alpha value is -10.2. The predicted octanol–water partition coefficient (Wildman–Crippen LogP) is 3.24. The van der Waals surface area contributed by atoms with Gasteiger partial charge in [-0.3, -0.25) is 47.9 Å². The molecule has 107 heavy (non-hydrogen) atoms. The molecule has 8 fully saturated rings. The largest absolute Gasteiger partial charge is 0.461 e. The van der Waals surface area contributed by atoms with E-state index in [1.54, 1.807) is 108 Å². The molecule has 13 amide bonds. The topological polar surface area (TPSA) is 370 Å². The lowest BCUT2D eigenvalue weighted by atomic mass is 9.92. The van der Waals surface area contributed by atoms with E-state index in [0.717, 1.165) is 11.1 Å². The van der Waals surface area contributed by atoms with Crippen molar-refractivity contribution in [1.29, 1.82) is 0 Å². The fraction of sp³-hybridized carbons (Fsp3) is 0.584. The summed E-state index contributed by atoms with van der Waals surface area (Å²) in [5, 5.41) is 19.1. The molecule has 0 aromatic heterocycles. The molecule has 0 saturated carbocycles. The number of carbonyl (C=O) groups is 14. The van der Waals surface area contributed by atoms with Gasteiger partial charge in [-0.25, -0.2) is 19.2 Å². The number of ether oxygens (including phenoxy) is 3. The zero-order chi connectivity index (χ0) is 77.0. The second-order valence-corrected chi connectivity index (χ2v) is 30.7. The summed E-state index contributed by atoms with van der Waals surface area (Å²) in [6.07, 6.45) is 5.13. The average molecular weight is 1480 g/mol. The van der Waals surface area contributed by atoms with Crippen LogP contribution in [0.4, 0.5) is 15.3 Å². The smallest absolute Gasteiger partial charge is 0.408 e. The summed E-state index contributed by atoms with van der Waals surface area (Å²) in [6.45, 7) is 14.1. The van der Waals surface area contributed by atoms with E-state index in [1.807, 2.05) is 38.1 Å². The molecule has 0 unspecified atom stereocenters. The number of piperidine rings is 2. The Morgan fingerprint density at radius 2 is 0.963 bits per heavy atom. The van der Waals surface area contributed by atoms with Crippen molar-refractivity contribution in [3.05, 3.63) is 102 Å². The van der Waals surface area contributed by atoms with E-state index < -0.39 is 168 Å². The summed E-state index contributed by atoms with van der Waals surface area (Å²) in [5.41, 5.74) is -0.234. The Morgan fingerprint density at radius 3 is 1.48 bits per heavy atom. The Morgan fingerprint density at radius 1 is 0.514 bits per heavy atom. The van der Waals surface area contributed by atoms with Crippen LogP contribution in [0.5, 0.6) is 0 Å². The first kappa shape index (κ1) is 79.4. The van der Waals surface area contributed by atoms with Crippen LogP contribution in [0, 0.1) is 11.8 Å². The number of amides is 13. The van der Waals surface area contributed by atoms with Crippen LogP contribution in [0.3, 0.4) is 0 Å². The number of nitrogens with one attached hydrogen (secondary N) is 7. The number of fused-ring (bicyclic) bond motifs is 6. The van der Waals surface area contributed by atoms with Crippen molar-refractivity contribution in [2.75, 3.05) is 57.8 Å². The van der Waals surface area contributed by atoms with E-state index >= 15 is 0 Å². The zero-order valence-electron chi connectivity index (χ0n) is 62.3. The van der Waals surface area contributed by atoms with Crippen LogP contribution in [-0.2, 0) is 84.6 Å². The highest BCUT2D eigenvalue weighted by Crippen LogP contribution is 2.36. The van der Waals surface area contributed by atoms with Crippen LogP contribution >= 0.6 is 0 Å². The number of carbonyl (C=O) groups excluding carboxylic acids is 14. The lowest BCUT2D eigenvalue weighted by Crippen LogP contribution is -2.65. The molecule has 8 aliphatic heterocycles. The minimum atomic E-state index is -1.45. The molecule has 30 heteroatoms. The van der Waals surface area contributed by atoms with Gasteiger partial charge in [0, 0.05) is 57.8 Å². The summed E-state index contributed by atoms with van der Waals surface area (Å²) >= 11 is 0. The van der Waals surface area contributed by atoms with E-state index in [2.05, 4.69) is 37.2 Å². The lowest BCUT2D eigenvalue weighted by molar-refractivity contribution is -0.161. The maximum atomic E-state index is 14.7. The summed E-state index contributed by atoms with van der Waals surface area (Å²) in [6, 6.07) is 14.4. The monoisotopic (exact) mass is 1480 g/mol. The highest BCUT2D eigenvalue weighted by atomic mass is 16.6. The van der Waals surface area contributed by atoms with Gasteiger partial charge in [-0.15, -0.1) is 0 Å². The quantitative estimate of drug-likeness (QED) is 0.107. The molecule has 7 N–H and O–H groups in total. The maximum absolute atomic E-state index is 14.7. The van der Waals surface area contributed by atoms with Crippen LogP contribution in [0.25, 0.3) is 0 Å². The van der Waals surface area contributed by atoms with Gasteiger partial charge in [0.25, 0.3) is 0 Å². The van der Waals surface area contributed by atoms with E-state index in [0.29, 0.717) is 95.8 Å². The van der Waals surface area contributed by atoms with Crippen molar-refractivity contribution in [3.8, 4) is 0 Å². The third-order valence-electron chi connectivity index (χ3n) is 21.2. The molecule has 3 aromatic carbocycles. The lowest BCUT2D eigenvalue weighted by Gasteiger charge is -2.43. The van der Waals surface area contributed by atoms with Gasteiger partial charge in [-0.2, -0.15) is 0 Å². The van der Waals surface area contributed by atoms with E-state index in [9.17, 15) is 67.1 Å². The molecule has 8 aliphatic rings. The Labute approximate surface area is 623 Å². The molecule has 8 saturated heterocycles. The number of urea groups is 1. The number of esters is 2. The number of rotatable bonds is 11. The van der Waals surface area contributed by atoms with Crippen molar-refractivity contribution in [3.63, 3.8) is 0 Å². The van der Waals surface area contributed by atoms with Crippen LogP contribution in [0.15, 0.2) is 91.0 Å². The standard InChI is InChI=1S/C40H51N7O8.C37H52N6O9/c1-25-21-32-37(52)55-24-30(43-33(48)29(22-27-13-6-4-7-14-27)44-39(54)42-28-15-8-5-9-16-28)36(51)47-20-12-18-40(47,3)38(53)45-19-11-10-17-31(45)34(49)41-26(2)35(50)46(32)23-25;1-22-18-29-35(49)51-21-26(39-30(44)25(19-24-12-7-6-8-13-24)40-36(50)52-37(3,4)5)33(47)42-17-11-15-28(42)34(48)41-16-10-9-14-27(41)31(45)38-23(2)32(46)43(29)20-22/h4-9,13-16,25-26,29-32H,10-12,17-24H2,1-3H3,(H,41,49)(H,43,48)(H2,42,44,54);6-8,12-13,22-23,25-29H,9-11,14-21H2,1-5H3,(H,38,45)(H,39,44)(H,40,50)/t25-,26+,29+,30+,31+,32+,40+;22-,23+,25+,26+,27+,28+,29+/m11/s1.